The molecule has 1 N–H and O–H groups in total. The van der Waals surface area contributed by atoms with Crippen LogP contribution >= 0.6 is 11.6 Å². The molecule has 3 heteroatoms. The monoisotopic (exact) mass is 124 g/mol. The molecule has 0 rings (SSSR count). The summed E-state index contributed by atoms with van der Waals surface area (Å²) < 4.78 is 4.44. The first-order chi connectivity index (χ1) is 3.18. The minimum absolute atomic E-state index is 0.329. The third kappa shape index (κ3) is 2.85. The van der Waals surface area contributed by atoms with Crippen LogP contribution < -0.4 is 0 Å². The molecule has 0 radical (unpaired) electrons. The number of aliphatic hydroxyl groups excluding tert-OH is 1. The molecular formula is C4H9ClO2. The predicted octanol–water partition coefficient (Wildman–Crippen LogP) is 0.579. The molecule has 0 amide bonds. The van der Waals surface area contributed by atoms with E-state index in [2.05, 4.69) is 4.74 Å². The van der Waals surface area contributed by atoms with Crippen LogP contribution in [0.4, 0.5) is 0 Å². The zero-order valence-corrected chi connectivity index (χ0v) is 5.14. The van der Waals surface area contributed by atoms with Crippen LogP contribution in [0.15, 0.2) is 0 Å². The van der Waals surface area contributed by atoms with E-state index >= 15 is 0 Å². The molecule has 0 aromatic heterocycles. The van der Waals surface area contributed by atoms with Gasteiger partial charge in [-0.15, -0.1) is 11.6 Å². The zero-order valence-electron chi connectivity index (χ0n) is 4.39. The van der Waals surface area contributed by atoms with Crippen molar-refractivity contribution >= 4 is 11.6 Å². The third-order valence-corrected chi connectivity index (χ3v) is 0.850. The highest BCUT2D eigenvalue weighted by molar-refractivity contribution is 6.20. The number of rotatable bonds is 2. The number of hydrogen-bond donors (Lipinski definition) is 1. The number of halogens is 1. The molecule has 0 aliphatic heterocycles. The number of ether oxygens (including phenoxy) is 1. The van der Waals surface area contributed by atoms with Gasteiger partial charge in [0.1, 0.15) is 0 Å². The normalized spacial score (nSPS) is 18.9. The van der Waals surface area contributed by atoms with Gasteiger partial charge >= 0.3 is 0 Å². The average molecular weight is 125 g/mol. The first-order valence-electron chi connectivity index (χ1n) is 2.03. The molecule has 0 bridgehead atoms. The summed E-state index contributed by atoms with van der Waals surface area (Å²) >= 11 is 5.35. The molecule has 0 fully saturated rings. The fourth-order valence-corrected chi connectivity index (χ4v) is 0.290. The van der Waals surface area contributed by atoms with E-state index in [0.717, 1.165) is 0 Å². The second-order valence-electron chi connectivity index (χ2n) is 1.30. The van der Waals surface area contributed by atoms with Gasteiger partial charge in [-0.2, -0.15) is 0 Å². The Morgan fingerprint density at radius 2 is 2.14 bits per heavy atom. The second kappa shape index (κ2) is 3.24. The smallest absolute Gasteiger partial charge is 0.170 e. The van der Waals surface area contributed by atoms with Crippen molar-refractivity contribution in [1.29, 1.82) is 0 Å². The fourth-order valence-electron chi connectivity index (χ4n) is 0.188. The Kier molecular flexibility index (Phi) is 3.34. The molecule has 2 atom stereocenters. The maximum Gasteiger partial charge on any atom is 0.170 e. The molecule has 0 aromatic rings. The van der Waals surface area contributed by atoms with Crippen LogP contribution in [0.1, 0.15) is 6.92 Å². The summed E-state index contributed by atoms with van der Waals surface area (Å²) in [6.45, 7) is 1.66. The highest BCUT2D eigenvalue weighted by atomic mass is 35.5. The molecule has 0 saturated carbocycles. The van der Waals surface area contributed by atoms with Gasteiger partial charge in [0.2, 0.25) is 0 Å². The topological polar surface area (TPSA) is 29.5 Å². The summed E-state index contributed by atoms with van der Waals surface area (Å²) in [7, 11) is 1.41. The van der Waals surface area contributed by atoms with Crippen molar-refractivity contribution in [3.8, 4) is 0 Å². The van der Waals surface area contributed by atoms with Crippen LogP contribution in [0.2, 0.25) is 0 Å². The Labute approximate surface area is 48.0 Å². The van der Waals surface area contributed by atoms with Crippen LogP contribution in [0.5, 0.6) is 0 Å². The van der Waals surface area contributed by atoms with Crippen LogP contribution in [0, 0.1) is 0 Å². The van der Waals surface area contributed by atoms with Crippen molar-refractivity contribution in [2.24, 2.45) is 0 Å². The largest absolute Gasteiger partial charge is 0.367 e. The lowest BCUT2D eigenvalue weighted by Crippen LogP contribution is -2.18. The van der Waals surface area contributed by atoms with E-state index in [9.17, 15) is 0 Å². The average Bonchev–Trinajstić information content (AvgIpc) is 1.65. The number of methoxy groups -OCH3 is 1. The Bertz CT molecular complexity index is 47.0. The summed E-state index contributed by atoms with van der Waals surface area (Å²) in [5, 5.41) is 8.25. The van der Waals surface area contributed by atoms with Gasteiger partial charge in [-0.1, -0.05) is 0 Å². The third-order valence-electron chi connectivity index (χ3n) is 0.634. The van der Waals surface area contributed by atoms with Gasteiger partial charge in [0.15, 0.2) is 6.29 Å². The molecule has 0 aliphatic rings. The quantitative estimate of drug-likeness (QED) is 0.431. The van der Waals surface area contributed by atoms with Gasteiger partial charge in [0, 0.05) is 7.11 Å². The molecule has 0 heterocycles. The van der Waals surface area contributed by atoms with Crippen LogP contribution in [0.25, 0.3) is 0 Å². The lowest BCUT2D eigenvalue weighted by atomic mass is 10.5. The SMILES string of the molecule is COC(O)C(C)Cl. The van der Waals surface area contributed by atoms with E-state index in [1.165, 1.54) is 7.11 Å². The fraction of sp³-hybridized carbons (Fsp3) is 1.00. The van der Waals surface area contributed by atoms with E-state index in [1.54, 1.807) is 6.92 Å². The van der Waals surface area contributed by atoms with E-state index in [1.807, 2.05) is 0 Å². The molecule has 0 aromatic carbocycles. The molecule has 0 aliphatic carbocycles. The summed E-state index contributed by atoms with van der Waals surface area (Å²) in [6, 6.07) is 0. The van der Waals surface area contributed by atoms with Crippen molar-refractivity contribution in [2.45, 2.75) is 18.6 Å². The summed E-state index contributed by atoms with van der Waals surface area (Å²) in [4.78, 5) is 0. The Hall–Kier alpha value is 0.210. The Morgan fingerprint density at radius 3 is 2.14 bits per heavy atom. The van der Waals surface area contributed by atoms with Gasteiger partial charge in [-0.25, -0.2) is 0 Å². The van der Waals surface area contributed by atoms with Gasteiger partial charge < -0.3 is 9.84 Å². The van der Waals surface area contributed by atoms with Crippen molar-refractivity contribution < 1.29 is 9.84 Å². The highest BCUT2D eigenvalue weighted by Crippen LogP contribution is 1.99. The van der Waals surface area contributed by atoms with E-state index < -0.39 is 6.29 Å². The number of hydrogen-bond acceptors (Lipinski definition) is 2. The maximum absolute atomic E-state index is 8.58. The Balaban J connectivity index is 3.14. The molecule has 0 spiro atoms. The molecular weight excluding hydrogens is 115 g/mol. The van der Waals surface area contributed by atoms with Crippen molar-refractivity contribution in [1.82, 2.24) is 0 Å². The first kappa shape index (κ1) is 7.21. The highest BCUT2D eigenvalue weighted by Gasteiger charge is 2.06. The van der Waals surface area contributed by atoms with Gasteiger partial charge in [-0.3, -0.25) is 0 Å². The van der Waals surface area contributed by atoms with Gasteiger partial charge in [-0.05, 0) is 6.92 Å². The summed E-state index contributed by atoms with van der Waals surface area (Å²) in [5.41, 5.74) is 0. The summed E-state index contributed by atoms with van der Waals surface area (Å²) in [6.07, 6.45) is -0.832. The minimum atomic E-state index is -0.832. The first-order valence-corrected chi connectivity index (χ1v) is 2.47. The van der Waals surface area contributed by atoms with E-state index in [0.29, 0.717) is 0 Å². The van der Waals surface area contributed by atoms with Crippen LogP contribution in [0.3, 0.4) is 0 Å². The second-order valence-corrected chi connectivity index (χ2v) is 1.99. The molecule has 2 unspecified atom stereocenters. The van der Waals surface area contributed by atoms with Crippen LogP contribution in [-0.2, 0) is 4.74 Å². The number of alkyl halides is 1. The predicted molar refractivity (Wildman–Crippen MR) is 28.3 cm³/mol. The standard InChI is InChI=1S/C4H9ClO2/c1-3(5)4(6)7-2/h3-4,6H,1-2H3. The minimum Gasteiger partial charge on any atom is -0.367 e. The summed E-state index contributed by atoms with van der Waals surface area (Å²) in [5.74, 6) is 0. The molecule has 0 saturated heterocycles. The van der Waals surface area contributed by atoms with Crippen molar-refractivity contribution in [3.05, 3.63) is 0 Å². The van der Waals surface area contributed by atoms with E-state index in [4.69, 9.17) is 16.7 Å². The molecule has 7 heavy (non-hydrogen) atoms. The van der Waals surface area contributed by atoms with Gasteiger partial charge in [0.25, 0.3) is 0 Å². The molecule has 2 nitrogen and oxygen atoms in total. The maximum atomic E-state index is 8.58. The zero-order chi connectivity index (χ0) is 5.86. The van der Waals surface area contributed by atoms with E-state index in [-0.39, 0.29) is 5.38 Å². The number of aliphatic hydroxyl groups is 1. The van der Waals surface area contributed by atoms with Crippen molar-refractivity contribution in [2.75, 3.05) is 7.11 Å². The van der Waals surface area contributed by atoms with Crippen molar-refractivity contribution in [3.63, 3.8) is 0 Å². The lowest BCUT2D eigenvalue weighted by molar-refractivity contribution is -0.0720. The van der Waals surface area contributed by atoms with Crippen LogP contribution in [-0.4, -0.2) is 23.9 Å². The Morgan fingerprint density at radius 1 is 1.71 bits per heavy atom. The van der Waals surface area contributed by atoms with Gasteiger partial charge in [0.05, 0.1) is 5.38 Å². The molecule has 44 valence electrons. The lowest BCUT2D eigenvalue weighted by Gasteiger charge is -2.08.